The van der Waals surface area contributed by atoms with E-state index in [4.69, 9.17) is 5.73 Å². The minimum Gasteiger partial charge on any atom is -0.355 e. The number of carbonyl (C=O) groups excluding carboxylic acids is 1. The third kappa shape index (κ3) is 6.17. The molecule has 220 valence electrons. The molecule has 2 aromatic carbocycles. The van der Waals surface area contributed by atoms with Gasteiger partial charge in [-0.3, -0.25) is 4.79 Å². The van der Waals surface area contributed by atoms with E-state index in [0.29, 0.717) is 47.7 Å². The van der Waals surface area contributed by atoms with Crippen molar-refractivity contribution in [3.63, 3.8) is 0 Å². The monoisotopic (exact) mass is 582 g/mol. The lowest BCUT2D eigenvalue weighted by atomic mass is 9.81. The molecule has 4 rings (SSSR count). The Kier molecular flexibility index (Phi) is 7.85. The molecule has 1 aromatic heterocycles. The molecule has 5 nitrogen and oxygen atoms in total. The summed E-state index contributed by atoms with van der Waals surface area (Å²) >= 11 is 0. The van der Waals surface area contributed by atoms with Gasteiger partial charge in [-0.25, -0.2) is 9.37 Å². The molecule has 0 aliphatic carbocycles. The third-order valence-electron chi connectivity index (χ3n) is 7.41. The van der Waals surface area contributed by atoms with E-state index < -0.39 is 46.2 Å². The molecular weight excluding hydrogens is 553 g/mol. The van der Waals surface area contributed by atoms with Crippen molar-refractivity contribution < 1.29 is 35.5 Å². The average Bonchev–Trinajstić information content (AvgIpc) is 3.32. The number of nitrogens with zero attached hydrogens (tertiary/aromatic N) is 3. The van der Waals surface area contributed by atoms with Gasteiger partial charge in [-0.15, -0.1) is 0 Å². The van der Waals surface area contributed by atoms with Gasteiger partial charge < -0.3 is 15.5 Å². The van der Waals surface area contributed by atoms with Gasteiger partial charge in [0.25, 0.3) is 0 Å². The van der Waals surface area contributed by atoms with Crippen LogP contribution in [-0.4, -0.2) is 37.1 Å². The fourth-order valence-corrected chi connectivity index (χ4v) is 4.99. The third-order valence-corrected chi connectivity index (χ3v) is 7.41. The predicted molar refractivity (Wildman–Crippen MR) is 142 cm³/mol. The summed E-state index contributed by atoms with van der Waals surface area (Å²) in [5, 5.41) is 0. The number of halogens is 7. The lowest BCUT2D eigenvalue weighted by Crippen LogP contribution is -2.42. The quantitative estimate of drug-likeness (QED) is 0.340. The molecule has 2 N–H and O–H groups in total. The van der Waals surface area contributed by atoms with Gasteiger partial charge in [0.15, 0.2) is 0 Å². The second-order valence-corrected chi connectivity index (χ2v) is 10.8. The van der Waals surface area contributed by atoms with Crippen LogP contribution in [0.1, 0.15) is 42.5 Å². The van der Waals surface area contributed by atoms with Crippen LogP contribution in [0.3, 0.4) is 0 Å². The summed E-state index contributed by atoms with van der Waals surface area (Å²) in [5.41, 5.74) is 2.61. The lowest BCUT2D eigenvalue weighted by molar-refractivity contribution is -0.143. The number of aryl methyl sites for hydroxylation is 1. The summed E-state index contributed by atoms with van der Waals surface area (Å²) in [4.78, 5) is 21.4. The Hall–Kier alpha value is -3.67. The summed E-state index contributed by atoms with van der Waals surface area (Å²) < 4.78 is 95.2. The molecule has 41 heavy (non-hydrogen) atoms. The van der Waals surface area contributed by atoms with Gasteiger partial charge in [0, 0.05) is 31.7 Å². The Morgan fingerprint density at radius 3 is 2.05 bits per heavy atom. The number of carbonyl (C=O) groups is 1. The van der Waals surface area contributed by atoms with E-state index >= 15 is 0 Å². The topological polar surface area (TPSA) is 62.5 Å². The van der Waals surface area contributed by atoms with Crippen LogP contribution in [0.25, 0.3) is 11.1 Å². The summed E-state index contributed by atoms with van der Waals surface area (Å²) in [5.74, 6) is -0.680. The van der Waals surface area contributed by atoms with Crippen LogP contribution in [0.5, 0.6) is 0 Å². The highest BCUT2D eigenvalue weighted by atomic mass is 19.4. The van der Waals surface area contributed by atoms with Crippen molar-refractivity contribution in [1.29, 1.82) is 0 Å². The van der Waals surface area contributed by atoms with E-state index in [1.54, 1.807) is 13.0 Å². The van der Waals surface area contributed by atoms with Crippen molar-refractivity contribution in [2.75, 3.05) is 29.9 Å². The highest BCUT2D eigenvalue weighted by Gasteiger charge is 2.41. The first-order valence-corrected chi connectivity index (χ1v) is 12.7. The molecule has 1 atom stereocenters. The number of pyridine rings is 1. The van der Waals surface area contributed by atoms with Gasteiger partial charge in [0.2, 0.25) is 5.91 Å². The van der Waals surface area contributed by atoms with Crippen molar-refractivity contribution in [2.45, 2.75) is 51.0 Å². The maximum Gasteiger partial charge on any atom is 0.416 e. The first-order chi connectivity index (χ1) is 18.9. The number of nitrogens with two attached hydrogens (primary N) is 1. The number of hydrogen-bond donors (Lipinski definition) is 1. The second-order valence-electron chi connectivity index (χ2n) is 10.8. The van der Waals surface area contributed by atoms with E-state index in [0.717, 1.165) is 11.3 Å². The fraction of sp³-hybridized carbons (Fsp3) is 0.379. The molecule has 0 bridgehead atoms. The number of amides is 1. The number of alkyl halides is 6. The van der Waals surface area contributed by atoms with Gasteiger partial charge in [0.05, 0.1) is 28.4 Å². The Morgan fingerprint density at radius 1 is 0.951 bits per heavy atom. The summed E-state index contributed by atoms with van der Waals surface area (Å²) in [6, 6.07) is 6.92. The van der Waals surface area contributed by atoms with Crippen LogP contribution in [0, 0.1) is 12.7 Å². The Bertz CT molecular complexity index is 1430. The van der Waals surface area contributed by atoms with Crippen molar-refractivity contribution in [3.05, 3.63) is 76.7 Å². The van der Waals surface area contributed by atoms with E-state index in [1.807, 2.05) is 4.90 Å². The average molecular weight is 583 g/mol. The first kappa shape index (κ1) is 30.3. The van der Waals surface area contributed by atoms with Crippen molar-refractivity contribution in [2.24, 2.45) is 5.73 Å². The minimum atomic E-state index is -5.06. The molecule has 0 spiro atoms. The number of aromatic nitrogens is 1. The Balaban J connectivity index is 1.82. The molecule has 1 unspecified atom stereocenters. The van der Waals surface area contributed by atoms with Crippen LogP contribution in [-0.2, 0) is 22.6 Å². The Labute approximate surface area is 232 Å². The SMILES string of the molecule is Cc1cc(F)ccc1-c1cc(N2CCC(N)C2)ncc1N(C)C(=O)C(C)(C)c1cc(C(F)(F)F)cc(C(F)(F)F)c1. The summed E-state index contributed by atoms with van der Waals surface area (Å²) in [7, 11) is 1.37. The van der Waals surface area contributed by atoms with Gasteiger partial charge >= 0.3 is 12.4 Å². The number of likely N-dealkylation sites (N-methyl/N-ethyl adjacent to an activating group) is 1. The van der Waals surface area contributed by atoms with Gasteiger partial charge in [-0.1, -0.05) is 6.07 Å². The minimum absolute atomic E-state index is 0.0239. The Morgan fingerprint density at radius 2 is 1.54 bits per heavy atom. The highest BCUT2D eigenvalue weighted by Crippen LogP contribution is 2.41. The number of hydrogen-bond acceptors (Lipinski definition) is 4. The number of anilines is 2. The molecule has 12 heteroatoms. The maximum atomic E-state index is 13.9. The van der Waals surface area contributed by atoms with Crippen LogP contribution >= 0.6 is 0 Å². The molecule has 0 radical (unpaired) electrons. The van der Waals surface area contributed by atoms with Crippen LogP contribution in [0.15, 0.2) is 48.7 Å². The van der Waals surface area contributed by atoms with Crippen molar-refractivity contribution >= 4 is 17.4 Å². The van der Waals surface area contributed by atoms with E-state index in [2.05, 4.69) is 4.98 Å². The standard InChI is InChI=1S/C29H29F7N4O/c1-16-9-20(30)5-6-22(16)23-13-25(40-8-7-21(37)15-40)38-14-24(23)39(4)26(41)27(2,3)17-10-18(28(31,32)33)12-19(11-17)29(34,35)36/h5-6,9-14,21H,7-8,15,37H2,1-4H3. The maximum absolute atomic E-state index is 13.9. The zero-order chi connectivity index (χ0) is 30.5. The number of benzene rings is 2. The van der Waals surface area contributed by atoms with Gasteiger partial charge in [0.1, 0.15) is 11.6 Å². The molecule has 0 saturated carbocycles. The highest BCUT2D eigenvalue weighted by molar-refractivity contribution is 6.03. The lowest BCUT2D eigenvalue weighted by Gasteiger charge is -2.32. The van der Waals surface area contributed by atoms with Crippen LogP contribution in [0.4, 0.5) is 42.2 Å². The van der Waals surface area contributed by atoms with Gasteiger partial charge in [-0.05, 0) is 80.3 Å². The molecule has 1 aliphatic rings. The molecule has 1 aliphatic heterocycles. The molecule has 1 saturated heterocycles. The van der Waals surface area contributed by atoms with Crippen LogP contribution < -0.4 is 15.5 Å². The number of rotatable bonds is 5. The molecule has 1 amide bonds. The van der Waals surface area contributed by atoms with Gasteiger partial charge in [-0.2, -0.15) is 26.3 Å². The zero-order valence-corrected chi connectivity index (χ0v) is 22.8. The molecule has 2 heterocycles. The molecule has 3 aromatic rings. The smallest absolute Gasteiger partial charge is 0.355 e. The van der Waals surface area contributed by atoms with E-state index in [9.17, 15) is 35.5 Å². The first-order valence-electron chi connectivity index (χ1n) is 12.7. The van der Waals surface area contributed by atoms with Crippen molar-refractivity contribution in [3.8, 4) is 11.1 Å². The largest absolute Gasteiger partial charge is 0.416 e. The van der Waals surface area contributed by atoms with Crippen LogP contribution in [0.2, 0.25) is 0 Å². The summed E-state index contributed by atoms with van der Waals surface area (Å²) in [6.07, 6.45) is -7.96. The fourth-order valence-electron chi connectivity index (χ4n) is 4.99. The molecular formula is C29H29F7N4O. The summed E-state index contributed by atoms with van der Waals surface area (Å²) in [6.45, 7) is 5.40. The van der Waals surface area contributed by atoms with Crippen molar-refractivity contribution in [1.82, 2.24) is 4.98 Å². The van der Waals surface area contributed by atoms with E-state index in [-0.39, 0.29) is 17.8 Å². The van der Waals surface area contributed by atoms with E-state index in [1.165, 1.54) is 45.3 Å². The predicted octanol–water partition coefficient (Wildman–Crippen LogP) is 6.71. The molecule has 1 fully saturated rings. The zero-order valence-electron chi connectivity index (χ0n) is 22.8. The second kappa shape index (κ2) is 10.6. The normalized spacial score (nSPS) is 16.3.